The highest BCUT2D eigenvalue weighted by molar-refractivity contribution is 14.0. The minimum absolute atomic E-state index is 0. The van der Waals surface area contributed by atoms with Gasteiger partial charge in [0.2, 0.25) is 0 Å². The lowest BCUT2D eigenvalue weighted by atomic mass is 9.95. The summed E-state index contributed by atoms with van der Waals surface area (Å²) in [6.45, 7) is 11.2. The largest absolute Gasteiger partial charge is 0.370 e. The van der Waals surface area contributed by atoms with Crippen molar-refractivity contribution in [2.24, 2.45) is 16.6 Å². The lowest BCUT2D eigenvalue weighted by Gasteiger charge is -2.38. The molecule has 0 radical (unpaired) electrons. The van der Waals surface area contributed by atoms with Gasteiger partial charge in [0.25, 0.3) is 0 Å². The summed E-state index contributed by atoms with van der Waals surface area (Å²) >= 11 is 1.70. The second-order valence-corrected chi connectivity index (χ2v) is 9.16. The summed E-state index contributed by atoms with van der Waals surface area (Å²) in [4.78, 5) is 16.4. The molecular weight excluding hydrogens is 507 g/mol. The van der Waals surface area contributed by atoms with Crippen molar-refractivity contribution in [2.75, 3.05) is 44.2 Å². The Balaban J connectivity index is 0.00000256. The number of halogens is 1. The van der Waals surface area contributed by atoms with Crippen LogP contribution >= 0.6 is 35.3 Å². The first-order valence-corrected chi connectivity index (χ1v) is 11.5. The molecule has 1 aromatic carbocycles. The molecule has 0 bridgehead atoms. The second-order valence-electron chi connectivity index (χ2n) is 8.29. The molecule has 30 heavy (non-hydrogen) atoms. The van der Waals surface area contributed by atoms with Crippen LogP contribution in [0.5, 0.6) is 0 Å². The summed E-state index contributed by atoms with van der Waals surface area (Å²) in [6, 6.07) is 9.23. The molecule has 1 unspecified atom stereocenters. The summed E-state index contributed by atoms with van der Waals surface area (Å²) in [6.07, 6.45) is 2.99. The van der Waals surface area contributed by atoms with Gasteiger partial charge in [0.1, 0.15) is 0 Å². The van der Waals surface area contributed by atoms with Gasteiger partial charge in [-0.1, -0.05) is 38.1 Å². The predicted molar refractivity (Wildman–Crippen MR) is 137 cm³/mol. The number of nitrogens with zero attached hydrogens (tertiary/aromatic N) is 5. The van der Waals surface area contributed by atoms with Gasteiger partial charge in [-0.15, -0.1) is 35.3 Å². The number of aromatic nitrogens is 1. The Labute approximate surface area is 201 Å². The van der Waals surface area contributed by atoms with Gasteiger partial charge in [-0.3, -0.25) is 9.89 Å². The Bertz CT molecular complexity index is 817. The van der Waals surface area contributed by atoms with E-state index in [1.54, 1.807) is 11.3 Å². The van der Waals surface area contributed by atoms with Crippen LogP contribution in [0.1, 0.15) is 25.0 Å². The third-order valence-electron chi connectivity index (χ3n) is 6.13. The number of anilines is 1. The Morgan fingerprint density at radius 3 is 2.53 bits per heavy atom. The zero-order chi connectivity index (χ0) is 20.2. The van der Waals surface area contributed by atoms with Crippen LogP contribution < -0.4 is 10.6 Å². The van der Waals surface area contributed by atoms with Crippen molar-refractivity contribution in [1.29, 1.82) is 0 Å². The van der Waals surface area contributed by atoms with E-state index < -0.39 is 0 Å². The number of thiazole rings is 1. The third-order valence-corrected chi connectivity index (χ3v) is 6.96. The molecule has 164 valence electrons. The maximum atomic E-state index is 6.39. The van der Waals surface area contributed by atoms with Crippen LogP contribution in [0.2, 0.25) is 0 Å². The van der Waals surface area contributed by atoms with Gasteiger partial charge < -0.3 is 15.5 Å². The van der Waals surface area contributed by atoms with Gasteiger partial charge in [0.15, 0.2) is 11.1 Å². The van der Waals surface area contributed by atoms with E-state index >= 15 is 0 Å². The highest BCUT2D eigenvalue weighted by atomic mass is 127. The van der Waals surface area contributed by atoms with E-state index in [0.29, 0.717) is 17.9 Å². The molecule has 1 atom stereocenters. The molecule has 0 saturated carbocycles. The molecule has 1 fully saturated rings. The Hall–Kier alpha value is -1.39. The van der Waals surface area contributed by atoms with E-state index in [1.807, 2.05) is 11.6 Å². The van der Waals surface area contributed by atoms with E-state index in [9.17, 15) is 0 Å². The third kappa shape index (κ3) is 5.45. The highest BCUT2D eigenvalue weighted by Gasteiger charge is 2.26. The zero-order valence-electron chi connectivity index (χ0n) is 17.9. The van der Waals surface area contributed by atoms with Crippen molar-refractivity contribution < 1.29 is 0 Å². The van der Waals surface area contributed by atoms with E-state index in [0.717, 1.165) is 57.4 Å². The Morgan fingerprint density at radius 2 is 1.87 bits per heavy atom. The van der Waals surface area contributed by atoms with Crippen LogP contribution in [0.15, 0.2) is 40.8 Å². The van der Waals surface area contributed by atoms with Crippen LogP contribution in [0.3, 0.4) is 0 Å². The number of nitrogens with two attached hydrogens (primary N) is 1. The Morgan fingerprint density at radius 1 is 1.13 bits per heavy atom. The number of benzene rings is 1. The van der Waals surface area contributed by atoms with Crippen LogP contribution in [-0.2, 0) is 13.0 Å². The van der Waals surface area contributed by atoms with E-state index in [1.165, 1.54) is 11.1 Å². The van der Waals surface area contributed by atoms with E-state index in [-0.39, 0.29) is 24.0 Å². The predicted octanol–water partition coefficient (Wildman–Crippen LogP) is 3.28. The fourth-order valence-corrected chi connectivity index (χ4v) is 5.03. The SMILES string of the molecule is CC(C)C(CN=C(N)N1CCN(c2nccs2)CC1)N1CCc2ccccc2C1.I. The van der Waals surface area contributed by atoms with Gasteiger partial charge in [-0.05, 0) is 23.5 Å². The molecular formula is C22H33IN6S. The number of piperazine rings is 1. The molecule has 4 rings (SSSR count). The number of rotatable bonds is 5. The average molecular weight is 541 g/mol. The first-order chi connectivity index (χ1) is 14.1. The topological polar surface area (TPSA) is 61.0 Å². The van der Waals surface area contributed by atoms with Crippen LogP contribution in [0, 0.1) is 5.92 Å². The van der Waals surface area contributed by atoms with Crippen molar-refractivity contribution in [3.05, 3.63) is 47.0 Å². The van der Waals surface area contributed by atoms with Crippen LogP contribution in [0.25, 0.3) is 0 Å². The monoisotopic (exact) mass is 540 g/mol. The molecule has 3 heterocycles. The fourth-order valence-electron chi connectivity index (χ4n) is 4.33. The average Bonchev–Trinajstić information content (AvgIpc) is 3.28. The molecule has 6 nitrogen and oxygen atoms in total. The number of aliphatic imine (C=N–C) groups is 1. The number of fused-ring (bicyclic) bond motifs is 1. The quantitative estimate of drug-likeness (QED) is 0.359. The van der Waals surface area contributed by atoms with Crippen molar-refractivity contribution in [2.45, 2.75) is 32.9 Å². The molecule has 2 N–H and O–H groups in total. The molecule has 2 aromatic rings. The van der Waals surface area contributed by atoms with Crippen molar-refractivity contribution in [3.8, 4) is 0 Å². The Kier molecular flexibility index (Phi) is 8.35. The summed E-state index contributed by atoms with van der Waals surface area (Å²) in [5, 5.41) is 3.13. The smallest absolute Gasteiger partial charge is 0.191 e. The summed E-state index contributed by atoms with van der Waals surface area (Å²) in [7, 11) is 0. The van der Waals surface area contributed by atoms with Gasteiger partial charge in [-0.25, -0.2) is 4.98 Å². The zero-order valence-corrected chi connectivity index (χ0v) is 21.1. The first-order valence-electron chi connectivity index (χ1n) is 10.6. The van der Waals surface area contributed by atoms with Gasteiger partial charge in [0.05, 0.1) is 6.54 Å². The summed E-state index contributed by atoms with van der Waals surface area (Å²) in [5.41, 5.74) is 9.34. The summed E-state index contributed by atoms with van der Waals surface area (Å²) in [5.74, 6) is 1.23. The van der Waals surface area contributed by atoms with Gasteiger partial charge in [0, 0.05) is 56.9 Å². The molecule has 0 amide bonds. The molecule has 1 aromatic heterocycles. The number of guanidine groups is 1. The minimum Gasteiger partial charge on any atom is -0.370 e. The van der Waals surface area contributed by atoms with Crippen LogP contribution in [-0.4, -0.2) is 66.1 Å². The maximum absolute atomic E-state index is 6.39. The molecule has 1 saturated heterocycles. The number of hydrogen-bond acceptors (Lipinski definition) is 5. The number of hydrogen-bond donors (Lipinski definition) is 1. The van der Waals surface area contributed by atoms with Crippen LogP contribution in [0.4, 0.5) is 5.13 Å². The van der Waals surface area contributed by atoms with Crippen molar-refractivity contribution >= 4 is 46.4 Å². The first kappa shape index (κ1) is 23.3. The van der Waals surface area contributed by atoms with E-state index in [2.05, 4.69) is 57.8 Å². The molecule has 8 heteroatoms. The highest BCUT2D eigenvalue weighted by Crippen LogP contribution is 2.23. The van der Waals surface area contributed by atoms with Gasteiger partial charge in [-0.2, -0.15) is 0 Å². The molecule has 0 spiro atoms. The van der Waals surface area contributed by atoms with Crippen molar-refractivity contribution in [1.82, 2.24) is 14.8 Å². The normalized spacial score (nSPS) is 18.8. The summed E-state index contributed by atoms with van der Waals surface area (Å²) < 4.78 is 0. The lowest BCUT2D eigenvalue weighted by Crippen LogP contribution is -2.51. The molecule has 2 aliphatic heterocycles. The lowest BCUT2D eigenvalue weighted by molar-refractivity contribution is 0.144. The molecule has 2 aliphatic rings. The van der Waals surface area contributed by atoms with Gasteiger partial charge >= 0.3 is 0 Å². The van der Waals surface area contributed by atoms with E-state index in [4.69, 9.17) is 10.7 Å². The standard InChI is InChI=1S/C22H32N6S.HI/c1-17(2)20(28-9-7-18-5-3-4-6-19(18)16-28)15-25-21(23)26-10-12-27(13-11-26)22-24-8-14-29-22;/h3-6,8,14,17,20H,7,9-13,15-16H2,1-2H3,(H2,23,25);1H. The van der Waals surface area contributed by atoms with Crippen molar-refractivity contribution in [3.63, 3.8) is 0 Å². The minimum atomic E-state index is 0. The fraction of sp³-hybridized carbons (Fsp3) is 0.545. The molecule has 0 aliphatic carbocycles. The maximum Gasteiger partial charge on any atom is 0.191 e. The second kappa shape index (κ2) is 10.8.